The van der Waals surface area contributed by atoms with E-state index in [2.05, 4.69) is 25.5 Å². The maximum Gasteiger partial charge on any atom is 0.0157 e. The van der Waals surface area contributed by atoms with E-state index in [9.17, 15) is 0 Å². The lowest BCUT2D eigenvalue weighted by atomic mass is 10.1. The summed E-state index contributed by atoms with van der Waals surface area (Å²) < 4.78 is 0. The molecule has 3 atom stereocenters. The van der Waals surface area contributed by atoms with E-state index in [1.807, 2.05) is 6.08 Å². The first-order chi connectivity index (χ1) is 7.69. The molecule has 1 nitrogen and oxygen atoms in total. The Labute approximate surface area is 101 Å². The molecule has 1 heteroatoms. The second-order valence-corrected chi connectivity index (χ2v) is 6.14. The fraction of sp³-hybridized carbons (Fsp3) is 0.867. The van der Waals surface area contributed by atoms with Gasteiger partial charge in [-0.05, 0) is 56.5 Å². The van der Waals surface area contributed by atoms with Crippen molar-refractivity contribution >= 4 is 0 Å². The molecule has 0 aliphatic heterocycles. The first-order valence-corrected chi connectivity index (χ1v) is 6.98. The summed E-state index contributed by atoms with van der Waals surface area (Å²) in [6, 6.07) is 0. The van der Waals surface area contributed by atoms with Crippen LogP contribution in [0.2, 0.25) is 0 Å². The van der Waals surface area contributed by atoms with Gasteiger partial charge in [0.1, 0.15) is 0 Å². The van der Waals surface area contributed by atoms with Gasteiger partial charge in [0.2, 0.25) is 0 Å². The number of likely N-dealkylation sites (N-methyl/N-ethyl adjacent to an activating group) is 1. The molecule has 0 amide bonds. The summed E-state index contributed by atoms with van der Waals surface area (Å²) in [7, 11) is 2.18. The van der Waals surface area contributed by atoms with Gasteiger partial charge >= 0.3 is 0 Å². The third kappa shape index (κ3) is 2.68. The van der Waals surface area contributed by atoms with Crippen molar-refractivity contribution in [2.75, 3.05) is 20.1 Å². The van der Waals surface area contributed by atoms with Crippen molar-refractivity contribution in [1.29, 1.82) is 0 Å². The van der Waals surface area contributed by atoms with E-state index < -0.39 is 0 Å². The van der Waals surface area contributed by atoms with Gasteiger partial charge in [0.15, 0.2) is 0 Å². The third-order valence-electron chi connectivity index (χ3n) is 4.82. The van der Waals surface area contributed by atoms with Crippen molar-refractivity contribution < 1.29 is 0 Å². The van der Waals surface area contributed by atoms with Crippen LogP contribution < -0.4 is 0 Å². The topological polar surface area (TPSA) is 3.24 Å². The molecule has 0 aromatic rings. The van der Waals surface area contributed by atoms with E-state index in [1.165, 1.54) is 32.2 Å². The quantitative estimate of drug-likeness (QED) is 0.446. The Morgan fingerprint density at radius 1 is 1.31 bits per heavy atom. The highest BCUT2D eigenvalue weighted by atomic mass is 15.1. The van der Waals surface area contributed by atoms with Gasteiger partial charge in [0.05, 0.1) is 0 Å². The van der Waals surface area contributed by atoms with E-state index in [0.717, 1.165) is 23.8 Å². The highest BCUT2D eigenvalue weighted by Gasteiger charge is 2.67. The minimum atomic E-state index is 0.889. The molecule has 2 saturated carbocycles. The Morgan fingerprint density at radius 3 is 2.62 bits per heavy atom. The van der Waals surface area contributed by atoms with Gasteiger partial charge in [-0.25, -0.2) is 0 Å². The molecule has 2 aliphatic rings. The molecule has 2 aliphatic carbocycles. The second kappa shape index (κ2) is 4.91. The minimum absolute atomic E-state index is 0.889. The summed E-state index contributed by atoms with van der Waals surface area (Å²) in [4.78, 5) is 2.36. The first kappa shape index (κ1) is 12.2. The standard InChI is InChI=1S/C15H27N/c1-4-9-16(3)10-7-5-6-8-14-12-15(14)11-13(15)2/h4,13-14H,1,5-12H2,2-3H3/t13?,14-,15?/m0/s1. The number of unbranched alkanes of at least 4 members (excludes halogenated alkanes) is 2. The van der Waals surface area contributed by atoms with Crippen molar-refractivity contribution in [2.45, 2.75) is 45.4 Å². The van der Waals surface area contributed by atoms with Crippen LogP contribution in [0.15, 0.2) is 12.7 Å². The molecule has 1 spiro atoms. The van der Waals surface area contributed by atoms with Crippen molar-refractivity contribution in [3.05, 3.63) is 12.7 Å². The molecule has 0 N–H and O–H groups in total. The molecule has 0 saturated heterocycles. The van der Waals surface area contributed by atoms with E-state index in [1.54, 1.807) is 12.8 Å². The van der Waals surface area contributed by atoms with Crippen LogP contribution in [0.1, 0.15) is 45.4 Å². The van der Waals surface area contributed by atoms with Crippen molar-refractivity contribution in [3.63, 3.8) is 0 Å². The number of hydrogen-bond acceptors (Lipinski definition) is 1. The molecule has 0 heterocycles. The van der Waals surface area contributed by atoms with Gasteiger partial charge < -0.3 is 4.90 Å². The number of hydrogen-bond donors (Lipinski definition) is 0. The molecule has 0 aromatic heterocycles. The van der Waals surface area contributed by atoms with Crippen LogP contribution in [0.25, 0.3) is 0 Å². The summed E-state index contributed by atoms with van der Waals surface area (Å²) in [6.45, 7) is 8.46. The van der Waals surface area contributed by atoms with Crippen molar-refractivity contribution in [3.8, 4) is 0 Å². The molecule has 0 radical (unpaired) electrons. The zero-order valence-electron chi connectivity index (χ0n) is 11.0. The molecule has 2 rings (SSSR count). The van der Waals surface area contributed by atoms with Crippen molar-refractivity contribution in [1.82, 2.24) is 4.90 Å². The van der Waals surface area contributed by atoms with Crippen LogP contribution in [0.4, 0.5) is 0 Å². The van der Waals surface area contributed by atoms with Crippen LogP contribution in [0.3, 0.4) is 0 Å². The van der Waals surface area contributed by atoms with Gasteiger partial charge in [-0.3, -0.25) is 0 Å². The molecule has 92 valence electrons. The first-order valence-electron chi connectivity index (χ1n) is 6.98. The number of nitrogens with zero attached hydrogens (tertiary/aromatic N) is 1. The zero-order valence-corrected chi connectivity index (χ0v) is 11.0. The molecule has 0 bridgehead atoms. The summed E-state index contributed by atoms with van der Waals surface area (Å²) >= 11 is 0. The van der Waals surface area contributed by atoms with Gasteiger partial charge in [-0.1, -0.05) is 25.8 Å². The minimum Gasteiger partial charge on any atom is -0.303 e. The Morgan fingerprint density at radius 2 is 2.06 bits per heavy atom. The van der Waals surface area contributed by atoms with Gasteiger partial charge in [-0.2, -0.15) is 0 Å². The number of rotatable bonds is 8. The average molecular weight is 221 g/mol. The summed E-state index contributed by atoms with van der Waals surface area (Å²) in [6.07, 6.45) is 10.8. The van der Waals surface area contributed by atoms with Gasteiger partial charge in [-0.15, -0.1) is 6.58 Å². The fourth-order valence-corrected chi connectivity index (χ4v) is 3.41. The van der Waals surface area contributed by atoms with Crippen LogP contribution in [-0.2, 0) is 0 Å². The Kier molecular flexibility index (Phi) is 3.73. The molecule has 16 heavy (non-hydrogen) atoms. The molecule has 2 fully saturated rings. The predicted molar refractivity (Wildman–Crippen MR) is 70.5 cm³/mol. The van der Waals surface area contributed by atoms with Crippen LogP contribution in [0.5, 0.6) is 0 Å². The monoisotopic (exact) mass is 221 g/mol. The Hall–Kier alpha value is -0.300. The summed E-state index contributed by atoms with van der Waals surface area (Å²) in [5.41, 5.74) is 0.889. The van der Waals surface area contributed by atoms with Gasteiger partial charge in [0, 0.05) is 6.54 Å². The van der Waals surface area contributed by atoms with E-state index in [0.29, 0.717) is 0 Å². The average Bonchev–Trinajstić information content (AvgIpc) is 3.08. The van der Waals surface area contributed by atoms with E-state index >= 15 is 0 Å². The smallest absolute Gasteiger partial charge is 0.0157 e. The third-order valence-corrected chi connectivity index (χ3v) is 4.82. The zero-order chi connectivity index (χ0) is 11.6. The molecular weight excluding hydrogens is 194 g/mol. The van der Waals surface area contributed by atoms with E-state index in [-0.39, 0.29) is 0 Å². The largest absolute Gasteiger partial charge is 0.303 e. The maximum atomic E-state index is 3.76. The summed E-state index contributed by atoms with van der Waals surface area (Å²) in [5.74, 6) is 2.18. The lowest BCUT2D eigenvalue weighted by Crippen LogP contribution is -2.19. The van der Waals surface area contributed by atoms with E-state index in [4.69, 9.17) is 0 Å². The lowest BCUT2D eigenvalue weighted by molar-refractivity contribution is 0.355. The molecule has 0 aromatic carbocycles. The summed E-state index contributed by atoms with van der Waals surface area (Å²) in [5, 5.41) is 0. The lowest BCUT2D eigenvalue weighted by Gasteiger charge is -2.13. The SMILES string of the molecule is C=CCN(C)CCCCC[C@H]1CC12CC2C. The molecular formula is C15H27N. The van der Waals surface area contributed by atoms with Crippen LogP contribution in [-0.4, -0.2) is 25.0 Å². The van der Waals surface area contributed by atoms with Crippen molar-refractivity contribution in [2.24, 2.45) is 17.3 Å². The predicted octanol–water partition coefficient (Wildman–Crippen LogP) is 3.71. The second-order valence-electron chi connectivity index (χ2n) is 6.14. The van der Waals surface area contributed by atoms with Crippen LogP contribution in [0, 0.1) is 17.3 Å². The maximum absolute atomic E-state index is 3.76. The Bertz CT molecular complexity index is 248. The fourth-order valence-electron chi connectivity index (χ4n) is 3.41. The Balaban J connectivity index is 1.43. The molecule has 2 unspecified atom stereocenters. The highest BCUT2D eigenvalue weighted by molar-refractivity contribution is 5.16. The van der Waals surface area contributed by atoms with Gasteiger partial charge in [0.25, 0.3) is 0 Å². The highest BCUT2D eigenvalue weighted by Crippen LogP contribution is 2.75. The normalized spacial score (nSPS) is 35.7. The van der Waals surface area contributed by atoms with Crippen LogP contribution >= 0.6 is 0 Å².